The highest BCUT2D eigenvalue weighted by molar-refractivity contribution is 6.99. The maximum absolute atomic E-state index is 13.3. The molecule has 0 aromatic heterocycles. The van der Waals surface area contributed by atoms with Gasteiger partial charge in [-0.1, -0.05) is 120 Å². The average Bonchev–Trinajstić information content (AvgIpc) is 3.92. The van der Waals surface area contributed by atoms with E-state index in [0.29, 0.717) is 43.7 Å². The first-order valence-electron chi connectivity index (χ1n) is 28.7. The molecule has 0 bridgehead atoms. The van der Waals surface area contributed by atoms with Crippen molar-refractivity contribution in [3.05, 3.63) is 90.0 Å². The van der Waals surface area contributed by atoms with E-state index in [4.69, 9.17) is 13.9 Å². The van der Waals surface area contributed by atoms with E-state index in [1.807, 2.05) is 0 Å². The molecule has 0 unspecified atom stereocenters. The Kier molecular flexibility index (Phi) is 21.4. The van der Waals surface area contributed by atoms with Crippen LogP contribution in [0.25, 0.3) is 0 Å². The van der Waals surface area contributed by atoms with Gasteiger partial charge < -0.3 is 33.8 Å². The lowest BCUT2D eigenvalue weighted by molar-refractivity contribution is -0.457. The number of alkyl halides is 9. The first-order valence-corrected chi connectivity index (χ1v) is 30.6. The summed E-state index contributed by atoms with van der Waals surface area (Å²) in [5.41, 5.74) is -3.91. The molecule has 1 amide bonds. The molecule has 1 saturated heterocycles. The number of halogens is 9. The highest BCUT2D eigenvalue weighted by atomic mass is 28.4. The molecule has 78 heavy (non-hydrogen) atoms. The van der Waals surface area contributed by atoms with Crippen molar-refractivity contribution in [3.63, 3.8) is 0 Å². The summed E-state index contributed by atoms with van der Waals surface area (Å²) in [5.74, 6) is 2.04. The van der Waals surface area contributed by atoms with Crippen molar-refractivity contribution in [2.45, 2.75) is 172 Å². The second-order valence-corrected chi connectivity index (χ2v) is 27.9. The Morgan fingerprint density at radius 2 is 1.24 bits per heavy atom. The number of aryl methyl sites for hydroxylation is 1. The standard InChI is InChI=1S/C60H84F9N3O5Si/c1-55(2,3)78(47-20-11-9-12-21-47,48-22-13-10-14-23-48)77-43-16-8-6-5-7-15-24-54(73)70-33-17-34-71-36-38-72(39-37-71)35-18-40-74-46-26-28-49-45(44-46)25-27-51-50(49)31-32-56(4)52(51)29-30-53(56)75-41-19-42-76-57(58(61,62)63,59(64,65)66)60(67,68)69/h9-14,20-23,26,28,44,50-53H,5-8,15-19,24-25,27,29-43H2,1-4H3,(H,70,73)/t50-,51-,52+,53+,56+/m1/s1. The summed E-state index contributed by atoms with van der Waals surface area (Å²) in [7, 11) is -2.50. The van der Waals surface area contributed by atoms with E-state index < -0.39 is 45.5 Å². The van der Waals surface area contributed by atoms with Crippen molar-refractivity contribution in [1.29, 1.82) is 0 Å². The van der Waals surface area contributed by atoms with Crippen molar-refractivity contribution >= 4 is 24.6 Å². The van der Waals surface area contributed by atoms with Crippen LogP contribution in [0.2, 0.25) is 5.04 Å². The molecule has 1 heterocycles. The number of ether oxygens (including phenoxy) is 3. The quantitative estimate of drug-likeness (QED) is 0.0463. The van der Waals surface area contributed by atoms with Gasteiger partial charge in [-0.15, -0.1) is 0 Å². The molecular formula is C60H84F9N3O5Si. The molecule has 3 aromatic rings. The van der Waals surface area contributed by atoms with Crippen LogP contribution in [0.15, 0.2) is 78.9 Å². The number of hydrogen-bond donors (Lipinski definition) is 1. The number of carbonyl (C=O) groups excluding carboxylic acids is 1. The third kappa shape index (κ3) is 14.5. The number of piperazine rings is 1. The lowest BCUT2D eigenvalue weighted by atomic mass is 9.55. The van der Waals surface area contributed by atoms with Crippen molar-refractivity contribution in [3.8, 4) is 5.75 Å². The van der Waals surface area contributed by atoms with Gasteiger partial charge in [0.25, 0.3) is 8.32 Å². The van der Waals surface area contributed by atoms with Crippen LogP contribution in [0, 0.1) is 17.3 Å². The third-order valence-corrected chi connectivity index (χ3v) is 22.6. The molecule has 1 aliphatic heterocycles. The molecule has 5 atom stereocenters. The van der Waals surface area contributed by atoms with E-state index in [1.54, 1.807) is 0 Å². The Morgan fingerprint density at radius 3 is 1.85 bits per heavy atom. The highest BCUT2D eigenvalue weighted by Gasteiger charge is 2.85. The third-order valence-electron chi connectivity index (χ3n) is 17.6. The van der Waals surface area contributed by atoms with Gasteiger partial charge >= 0.3 is 24.1 Å². The monoisotopic (exact) mass is 1130 g/mol. The summed E-state index contributed by atoms with van der Waals surface area (Å²) < 4.78 is 142. The number of nitrogens with zero attached hydrogens (tertiary/aromatic N) is 2. The van der Waals surface area contributed by atoms with Gasteiger partial charge in [-0.2, -0.15) is 39.5 Å². The van der Waals surface area contributed by atoms with Crippen LogP contribution in [0.4, 0.5) is 39.5 Å². The molecule has 3 aliphatic carbocycles. The summed E-state index contributed by atoms with van der Waals surface area (Å²) in [4.78, 5) is 17.6. The van der Waals surface area contributed by atoms with Gasteiger partial charge in [0.2, 0.25) is 5.91 Å². The maximum Gasteiger partial charge on any atom is 0.435 e. The summed E-state index contributed by atoms with van der Waals surface area (Å²) in [6.45, 7) is 15.4. The number of hydrogen-bond acceptors (Lipinski definition) is 7. The second-order valence-electron chi connectivity index (χ2n) is 23.6. The van der Waals surface area contributed by atoms with E-state index in [0.717, 1.165) is 135 Å². The first-order chi connectivity index (χ1) is 37.0. The fourth-order valence-electron chi connectivity index (χ4n) is 13.5. The van der Waals surface area contributed by atoms with Crippen LogP contribution in [0.3, 0.4) is 0 Å². The molecule has 4 aliphatic rings. The lowest BCUT2D eigenvalue weighted by Gasteiger charge is -2.50. The Hall–Kier alpha value is -3.68. The molecule has 436 valence electrons. The predicted molar refractivity (Wildman–Crippen MR) is 289 cm³/mol. The molecule has 1 N–H and O–H groups in total. The summed E-state index contributed by atoms with van der Waals surface area (Å²) >= 11 is 0. The Labute approximate surface area is 458 Å². The Morgan fingerprint density at radius 1 is 0.654 bits per heavy atom. The largest absolute Gasteiger partial charge is 0.494 e. The molecule has 0 radical (unpaired) electrons. The Balaban J connectivity index is 0.711. The molecule has 0 spiro atoms. The average molecular weight is 1130 g/mol. The molecule has 2 saturated carbocycles. The van der Waals surface area contributed by atoms with Gasteiger partial charge in [-0.3, -0.25) is 4.79 Å². The van der Waals surface area contributed by atoms with Crippen LogP contribution in [-0.2, 0) is 25.1 Å². The maximum atomic E-state index is 13.3. The SMILES string of the molecule is CC(C)(C)[Si](OCCCCCCCCC(=O)NCCCN1CCN(CCCOc2ccc3c(c2)CC[C@@H]2[C@@H]3CC[C@]3(C)[C@@H](OCCCOC(C(F)(F)F)(C(F)(F)F)C(F)(F)F)CC[C@@H]23)CC1)(c1ccccc1)c1ccccc1. The summed E-state index contributed by atoms with van der Waals surface area (Å²) in [5, 5.41) is 5.74. The number of unbranched alkanes of at least 4 members (excludes halogenated alkanes) is 5. The number of amides is 1. The van der Waals surface area contributed by atoms with Gasteiger partial charge in [0.05, 0.1) is 19.3 Å². The Bertz CT molecular complexity index is 2230. The summed E-state index contributed by atoms with van der Waals surface area (Å²) in [6, 6.07) is 28.0. The van der Waals surface area contributed by atoms with Crippen molar-refractivity contribution in [2.75, 3.05) is 72.2 Å². The van der Waals surface area contributed by atoms with Crippen molar-refractivity contribution in [2.24, 2.45) is 17.3 Å². The zero-order valence-corrected chi connectivity index (χ0v) is 47.2. The topological polar surface area (TPSA) is 72.5 Å². The minimum Gasteiger partial charge on any atom is -0.494 e. The van der Waals surface area contributed by atoms with Crippen LogP contribution >= 0.6 is 0 Å². The van der Waals surface area contributed by atoms with Gasteiger partial charge in [-0.05, 0) is 139 Å². The zero-order chi connectivity index (χ0) is 56.2. The van der Waals surface area contributed by atoms with E-state index in [2.05, 4.69) is 126 Å². The normalized spacial score (nSPS) is 22.7. The van der Waals surface area contributed by atoms with Crippen LogP contribution in [-0.4, -0.2) is 126 Å². The molecule has 3 fully saturated rings. The van der Waals surface area contributed by atoms with Crippen molar-refractivity contribution in [1.82, 2.24) is 15.1 Å². The van der Waals surface area contributed by atoms with Gasteiger partial charge in [-0.25, -0.2) is 0 Å². The van der Waals surface area contributed by atoms with Crippen LogP contribution in [0.5, 0.6) is 5.75 Å². The van der Waals surface area contributed by atoms with Crippen LogP contribution in [0.1, 0.15) is 141 Å². The summed E-state index contributed by atoms with van der Waals surface area (Å²) in [6.07, 6.45) is -7.17. The van der Waals surface area contributed by atoms with Crippen molar-refractivity contribution < 1.29 is 62.9 Å². The van der Waals surface area contributed by atoms with Crippen LogP contribution < -0.4 is 20.4 Å². The fourth-order valence-corrected chi connectivity index (χ4v) is 18.1. The number of nitrogens with one attached hydrogen (secondary N) is 1. The van der Waals surface area contributed by atoms with E-state index in [9.17, 15) is 44.3 Å². The number of fused-ring (bicyclic) bond motifs is 5. The first kappa shape index (κ1) is 61.9. The van der Waals surface area contributed by atoms with E-state index >= 15 is 0 Å². The predicted octanol–water partition coefficient (Wildman–Crippen LogP) is 13.0. The zero-order valence-electron chi connectivity index (χ0n) is 46.2. The minimum atomic E-state index is -6.75. The number of benzene rings is 3. The molecule has 7 rings (SSSR count). The number of rotatable bonds is 27. The molecule has 8 nitrogen and oxygen atoms in total. The molecule has 18 heteroatoms. The smallest absolute Gasteiger partial charge is 0.435 e. The second kappa shape index (κ2) is 26.9. The van der Waals surface area contributed by atoms with Gasteiger partial charge in [0.1, 0.15) is 5.75 Å². The van der Waals surface area contributed by atoms with E-state index in [-0.39, 0.29) is 29.1 Å². The molecule has 3 aromatic carbocycles. The van der Waals surface area contributed by atoms with Gasteiger partial charge in [0.15, 0.2) is 0 Å². The fraction of sp³-hybridized carbons (Fsp3) is 0.683. The molecular weight excluding hydrogens is 1040 g/mol. The number of carbonyl (C=O) groups is 1. The minimum absolute atomic E-state index is 0.0231. The van der Waals surface area contributed by atoms with E-state index in [1.165, 1.54) is 21.5 Å². The lowest BCUT2D eigenvalue weighted by Crippen LogP contribution is -2.67. The highest BCUT2D eigenvalue weighted by Crippen LogP contribution is 2.62. The van der Waals surface area contributed by atoms with Gasteiger partial charge in [0, 0.05) is 58.9 Å².